The van der Waals surface area contributed by atoms with Gasteiger partial charge in [0.1, 0.15) is 0 Å². The molecule has 2 aliphatic rings. The van der Waals surface area contributed by atoms with E-state index in [4.69, 9.17) is 0 Å². The third-order valence-corrected chi connectivity index (χ3v) is 4.32. The molecular formula is C13H26N2. The monoisotopic (exact) mass is 210 g/mol. The van der Waals surface area contributed by atoms with E-state index < -0.39 is 0 Å². The molecule has 1 heterocycles. The van der Waals surface area contributed by atoms with Crippen LogP contribution in [-0.2, 0) is 0 Å². The van der Waals surface area contributed by atoms with E-state index in [1.807, 2.05) is 0 Å². The quantitative estimate of drug-likeness (QED) is 0.747. The van der Waals surface area contributed by atoms with Gasteiger partial charge in [-0.05, 0) is 50.7 Å². The molecule has 88 valence electrons. The molecule has 2 nitrogen and oxygen atoms in total. The molecule has 2 rings (SSSR count). The maximum Gasteiger partial charge on any atom is 0.0226 e. The van der Waals surface area contributed by atoms with E-state index in [-0.39, 0.29) is 0 Å². The van der Waals surface area contributed by atoms with Gasteiger partial charge >= 0.3 is 0 Å². The molecule has 2 fully saturated rings. The molecule has 3 unspecified atom stereocenters. The predicted molar refractivity (Wildman–Crippen MR) is 65.0 cm³/mol. The van der Waals surface area contributed by atoms with Gasteiger partial charge < -0.3 is 10.2 Å². The zero-order valence-electron chi connectivity index (χ0n) is 10.3. The summed E-state index contributed by atoms with van der Waals surface area (Å²) in [6.45, 7) is 9.62. The van der Waals surface area contributed by atoms with E-state index in [1.54, 1.807) is 0 Å². The molecule has 1 aliphatic carbocycles. The molecule has 15 heavy (non-hydrogen) atoms. The first-order valence-electron chi connectivity index (χ1n) is 6.80. The first-order valence-corrected chi connectivity index (χ1v) is 6.80. The minimum Gasteiger partial charge on any atom is -0.312 e. The topological polar surface area (TPSA) is 15.3 Å². The Kier molecular flexibility index (Phi) is 4.04. The smallest absolute Gasteiger partial charge is 0.0226 e. The van der Waals surface area contributed by atoms with Crippen LogP contribution >= 0.6 is 0 Å². The first-order chi connectivity index (χ1) is 7.35. The van der Waals surface area contributed by atoms with Gasteiger partial charge in [-0.25, -0.2) is 0 Å². The van der Waals surface area contributed by atoms with Crippen LogP contribution in [0, 0.1) is 11.8 Å². The molecule has 0 spiro atoms. The van der Waals surface area contributed by atoms with Crippen molar-refractivity contribution in [3.8, 4) is 0 Å². The number of likely N-dealkylation sites (N-methyl/N-ethyl adjacent to an activating group) is 1. The fourth-order valence-corrected chi connectivity index (χ4v) is 3.48. The molecule has 0 aromatic rings. The van der Waals surface area contributed by atoms with Crippen LogP contribution < -0.4 is 5.32 Å². The summed E-state index contributed by atoms with van der Waals surface area (Å²) in [7, 11) is 0. The fraction of sp³-hybridized carbons (Fsp3) is 1.00. The molecule has 0 bridgehead atoms. The van der Waals surface area contributed by atoms with Crippen molar-refractivity contribution in [1.29, 1.82) is 0 Å². The Morgan fingerprint density at radius 3 is 2.87 bits per heavy atom. The van der Waals surface area contributed by atoms with Crippen molar-refractivity contribution in [1.82, 2.24) is 10.2 Å². The molecular weight excluding hydrogens is 184 g/mol. The number of rotatable bonds is 5. The normalized spacial score (nSPS) is 35.0. The number of nitrogens with zero attached hydrogens (tertiary/aromatic N) is 1. The van der Waals surface area contributed by atoms with Crippen LogP contribution in [0.3, 0.4) is 0 Å². The zero-order valence-corrected chi connectivity index (χ0v) is 10.3. The maximum atomic E-state index is 3.74. The van der Waals surface area contributed by atoms with Crippen molar-refractivity contribution < 1.29 is 0 Å². The Hall–Kier alpha value is -0.0800. The Labute approximate surface area is 94.4 Å². The van der Waals surface area contributed by atoms with Gasteiger partial charge in [-0.1, -0.05) is 20.3 Å². The molecule has 1 aliphatic heterocycles. The van der Waals surface area contributed by atoms with Gasteiger partial charge in [0.2, 0.25) is 0 Å². The van der Waals surface area contributed by atoms with Crippen molar-refractivity contribution in [3.63, 3.8) is 0 Å². The minimum atomic E-state index is 0.795. The predicted octanol–water partition coefficient (Wildman–Crippen LogP) is 2.11. The van der Waals surface area contributed by atoms with E-state index in [9.17, 15) is 0 Å². The standard InChI is InChI=1S/C13H26N2/c1-3-8-15(4-2)10-13-12-7-5-6-11(12)9-14-13/h11-14H,3-10H2,1-2H3. The van der Waals surface area contributed by atoms with Crippen molar-refractivity contribution >= 4 is 0 Å². The van der Waals surface area contributed by atoms with E-state index >= 15 is 0 Å². The lowest BCUT2D eigenvalue weighted by Gasteiger charge is -2.27. The van der Waals surface area contributed by atoms with Crippen molar-refractivity contribution in [2.75, 3.05) is 26.2 Å². The van der Waals surface area contributed by atoms with Gasteiger partial charge in [-0.2, -0.15) is 0 Å². The van der Waals surface area contributed by atoms with Gasteiger partial charge in [0.05, 0.1) is 0 Å². The van der Waals surface area contributed by atoms with E-state index in [0.717, 1.165) is 17.9 Å². The highest BCUT2D eigenvalue weighted by Crippen LogP contribution is 2.37. The summed E-state index contributed by atoms with van der Waals surface area (Å²) in [4.78, 5) is 2.61. The highest BCUT2D eigenvalue weighted by atomic mass is 15.2. The molecule has 0 amide bonds. The summed E-state index contributed by atoms with van der Waals surface area (Å²) in [5, 5.41) is 3.74. The molecule has 1 N–H and O–H groups in total. The largest absolute Gasteiger partial charge is 0.312 e. The highest BCUT2D eigenvalue weighted by Gasteiger charge is 2.38. The second-order valence-corrected chi connectivity index (χ2v) is 5.26. The third-order valence-electron chi connectivity index (χ3n) is 4.32. The average Bonchev–Trinajstić information content (AvgIpc) is 2.81. The van der Waals surface area contributed by atoms with Gasteiger partial charge in [0.25, 0.3) is 0 Å². The van der Waals surface area contributed by atoms with Gasteiger partial charge in [-0.15, -0.1) is 0 Å². The van der Waals surface area contributed by atoms with Gasteiger partial charge in [-0.3, -0.25) is 0 Å². The van der Waals surface area contributed by atoms with Crippen LogP contribution in [0.25, 0.3) is 0 Å². The maximum absolute atomic E-state index is 3.74. The first kappa shape index (κ1) is 11.4. The van der Waals surface area contributed by atoms with Crippen molar-refractivity contribution in [2.45, 2.75) is 45.6 Å². The Balaban J connectivity index is 1.83. The minimum absolute atomic E-state index is 0.795. The molecule has 2 heteroatoms. The summed E-state index contributed by atoms with van der Waals surface area (Å²) in [5.41, 5.74) is 0. The van der Waals surface area contributed by atoms with E-state index in [2.05, 4.69) is 24.1 Å². The molecule has 0 aromatic heterocycles. The SMILES string of the molecule is CCCN(CC)CC1NCC2CCCC21. The molecule has 1 saturated heterocycles. The van der Waals surface area contributed by atoms with Crippen LogP contribution in [0.1, 0.15) is 39.5 Å². The van der Waals surface area contributed by atoms with Crippen LogP contribution in [0.15, 0.2) is 0 Å². The number of nitrogens with one attached hydrogen (secondary N) is 1. The number of hydrogen-bond acceptors (Lipinski definition) is 2. The lowest BCUT2D eigenvalue weighted by Crippen LogP contribution is -2.40. The second kappa shape index (κ2) is 5.31. The summed E-state index contributed by atoms with van der Waals surface area (Å²) in [5.74, 6) is 2.01. The fourth-order valence-electron chi connectivity index (χ4n) is 3.48. The summed E-state index contributed by atoms with van der Waals surface area (Å²) in [6, 6.07) is 0.795. The molecule has 0 aromatic carbocycles. The average molecular weight is 210 g/mol. The summed E-state index contributed by atoms with van der Waals surface area (Å²) >= 11 is 0. The van der Waals surface area contributed by atoms with E-state index in [0.29, 0.717) is 0 Å². The molecule has 0 radical (unpaired) electrons. The third kappa shape index (κ3) is 2.54. The van der Waals surface area contributed by atoms with Crippen molar-refractivity contribution in [2.24, 2.45) is 11.8 Å². The Morgan fingerprint density at radius 1 is 1.27 bits per heavy atom. The van der Waals surface area contributed by atoms with Crippen LogP contribution in [0.5, 0.6) is 0 Å². The Morgan fingerprint density at radius 2 is 2.13 bits per heavy atom. The molecule has 1 saturated carbocycles. The lowest BCUT2D eigenvalue weighted by atomic mass is 9.94. The highest BCUT2D eigenvalue weighted by molar-refractivity contribution is 4.95. The summed E-state index contributed by atoms with van der Waals surface area (Å²) < 4.78 is 0. The number of hydrogen-bond donors (Lipinski definition) is 1. The Bertz CT molecular complexity index is 193. The molecule has 3 atom stereocenters. The lowest BCUT2D eigenvalue weighted by molar-refractivity contribution is 0.235. The van der Waals surface area contributed by atoms with Gasteiger partial charge in [0, 0.05) is 12.6 Å². The van der Waals surface area contributed by atoms with Crippen LogP contribution in [0.4, 0.5) is 0 Å². The van der Waals surface area contributed by atoms with Crippen molar-refractivity contribution in [3.05, 3.63) is 0 Å². The van der Waals surface area contributed by atoms with Crippen LogP contribution in [-0.4, -0.2) is 37.1 Å². The second-order valence-electron chi connectivity index (χ2n) is 5.26. The number of fused-ring (bicyclic) bond motifs is 1. The van der Waals surface area contributed by atoms with Crippen LogP contribution in [0.2, 0.25) is 0 Å². The van der Waals surface area contributed by atoms with Gasteiger partial charge in [0.15, 0.2) is 0 Å². The van der Waals surface area contributed by atoms with E-state index in [1.165, 1.54) is 51.9 Å². The summed E-state index contributed by atoms with van der Waals surface area (Å²) in [6.07, 6.45) is 5.72. The zero-order chi connectivity index (χ0) is 10.7.